The lowest BCUT2D eigenvalue weighted by atomic mass is 10.0. The molecule has 1 fully saturated rings. The summed E-state index contributed by atoms with van der Waals surface area (Å²) in [7, 11) is 2.19. The van der Waals surface area contributed by atoms with Crippen molar-refractivity contribution in [3.05, 3.63) is 34.9 Å². The molecule has 1 saturated heterocycles. The van der Waals surface area contributed by atoms with E-state index >= 15 is 0 Å². The quantitative estimate of drug-likeness (QED) is 0.920. The summed E-state index contributed by atoms with van der Waals surface area (Å²) in [6.07, 6.45) is 0.981. The summed E-state index contributed by atoms with van der Waals surface area (Å²) < 4.78 is 0. The van der Waals surface area contributed by atoms with Gasteiger partial charge >= 0.3 is 0 Å². The van der Waals surface area contributed by atoms with Crippen LogP contribution in [0.1, 0.15) is 24.9 Å². The van der Waals surface area contributed by atoms with E-state index in [1.165, 1.54) is 0 Å². The summed E-state index contributed by atoms with van der Waals surface area (Å²) in [5.74, 6) is 0. The van der Waals surface area contributed by atoms with E-state index in [4.69, 9.17) is 17.3 Å². The van der Waals surface area contributed by atoms with Crippen LogP contribution in [0.5, 0.6) is 0 Å². The van der Waals surface area contributed by atoms with Crippen molar-refractivity contribution in [2.75, 3.05) is 33.2 Å². The van der Waals surface area contributed by atoms with Crippen LogP contribution in [0.3, 0.4) is 0 Å². The smallest absolute Gasteiger partial charge is 0.0409 e. The highest BCUT2D eigenvalue weighted by Gasteiger charge is 2.21. The Labute approximate surface area is 121 Å². The Morgan fingerprint density at radius 3 is 2.89 bits per heavy atom. The minimum absolute atomic E-state index is 0.0746. The fourth-order valence-electron chi connectivity index (χ4n) is 2.72. The van der Waals surface area contributed by atoms with Crippen LogP contribution < -0.4 is 5.73 Å². The van der Waals surface area contributed by atoms with E-state index < -0.39 is 0 Å². The topological polar surface area (TPSA) is 32.5 Å². The van der Waals surface area contributed by atoms with Crippen molar-refractivity contribution in [2.24, 2.45) is 5.73 Å². The predicted molar refractivity (Wildman–Crippen MR) is 81.5 cm³/mol. The molecule has 106 valence electrons. The van der Waals surface area contributed by atoms with E-state index in [0.717, 1.165) is 43.2 Å². The molecule has 0 aromatic heterocycles. The minimum atomic E-state index is 0.0746. The largest absolute Gasteiger partial charge is 0.324 e. The Hall–Kier alpha value is -0.610. The maximum atomic E-state index is 6.26. The first-order valence-corrected chi connectivity index (χ1v) is 7.37. The van der Waals surface area contributed by atoms with E-state index in [1.807, 2.05) is 18.2 Å². The third kappa shape index (κ3) is 4.18. The molecule has 0 saturated carbocycles. The van der Waals surface area contributed by atoms with Crippen LogP contribution >= 0.6 is 11.6 Å². The normalized spacial score (nSPS) is 23.5. The van der Waals surface area contributed by atoms with Gasteiger partial charge in [0.2, 0.25) is 0 Å². The van der Waals surface area contributed by atoms with Gasteiger partial charge in [-0.25, -0.2) is 0 Å². The van der Waals surface area contributed by atoms with Crippen LogP contribution in [0.2, 0.25) is 5.02 Å². The van der Waals surface area contributed by atoms with Crippen LogP contribution in [0.4, 0.5) is 0 Å². The summed E-state index contributed by atoms with van der Waals surface area (Å²) in [5, 5.41) is 0.765. The zero-order valence-corrected chi connectivity index (χ0v) is 12.6. The van der Waals surface area contributed by atoms with Gasteiger partial charge in [-0.1, -0.05) is 23.7 Å². The standard InChI is InChI=1S/C15H24ClN3/c1-12-11-18(2)8-9-19(12)7-6-15(17)13-4-3-5-14(16)10-13/h3-5,10,12,15H,6-9,11,17H2,1-2H3. The molecule has 0 radical (unpaired) electrons. The van der Waals surface area contributed by atoms with Gasteiger partial charge in [-0.2, -0.15) is 0 Å². The number of benzene rings is 1. The molecule has 1 aliphatic rings. The van der Waals surface area contributed by atoms with E-state index in [9.17, 15) is 0 Å². The highest BCUT2D eigenvalue weighted by Crippen LogP contribution is 2.19. The van der Waals surface area contributed by atoms with Gasteiger partial charge in [-0.15, -0.1) is 0 Å². The van der Waals surface area contributed by atoms with Gasteiger partial charge in [-0.05, 0) is 38.1 Å². The molecular formula is C15H24ClN3. The molecule has 0 aliphatic carbocycles. The average molecular weight is 282 g/mol. The van der Waals surface area contributed by atoms with Crippen LogP contribution in [0, 0.1) is 0 Å². The molecule has 0 amide bonds. The van der Waals surface area contributed by atoms with Crippen molar-refractivity contribution in [3.63, 3.8) is 0 Å². The van der Waals surface area contributed by atoms with Gasteiger partial charge in [0, 0.05) is 43.3 Å². The first-order valence-electron chi connectivity index (χ1n) is 7.00. The second kappa shape index (κ2) is 6.71. The van der Waals surface area contributed by atoms with Crippen molar-refractivity contribution in [2.45, 2.75) is 25.4 Å². The SMILES string of the molecule is CC1CN(C)CCN1CCC(N)c1cccc(Cl)c1. The van der Waals surface area contributed by atoms with Gasteiger partial charge in [-0.3, -0.25) is 4.90 Å². The van der Waals surface area contributed by atoms with Crippen molar-refractivity contribution in [1.29, 1.82) is 0 Å². The number of likely N-dealkylation sites (N-methyl/N-ethyl adjacent to an activating group) is 1. The van der Waals surface area contributed by atoms with Crippen molar-refractivity contribution < 1.29 is 0 Å². The molecule has 2 N–H and O–H groups in total. The molecule has 1 aromatic carbocycles. The first-order chi connectivity index (χ1) is 9.06. The molecule has 0 spiro atoms. The maximum absolute atomic E-state index is 6.26. The Balaban J connectivity index is 1.85. The molecule has 2 atom stereocenters. The molecule has 1 aliphatic heterocycles. The summed E-state index contributed by atoms with van der Waals surface area (Å²) in [6.45, 7) is 6.78. The van der Waals surface area contributed by atoms with Gasteiger partial charge in [0.15, 0.2) is 0 Å². The van der Waals surface area contributed by atoms with Crippen LogP contribution in [0.15, 0.2) is 24.3 Å². The predicted octanol–water partition coefficient (Wildman–Crippen LogP) is 2.37. The van der Waals surface area contributed by atoms with Gasteiger partial charge < -0.3 is 10.6 Å². The number of nitrogens with two attached hydrogens (primary N) is 1. The lowest BCUT2D eigenvalue weighted by Crippen LogP contribution is -2.50. The molecular weight excluding hydrogens is 258 g/mol. The maximum Gasteiger partial charge on any atom is 0.0409 e. The number of rotatable bonds is 4. The molecule has 2 unspecified atom stereocenters. The van der Waals surface area contributed by atoms with Crippen LogP contribution in [-0.2, 0) is 0 Å². The Bertz CT molecular complexity index is 410. The zero-order valence-electron chi connectivity index (χ0n) is 11.8. The number of piperazine rings is 1. The highest BCUT2D eigenvalue weighted by atomic mass is 35.5. The fourth-order valence-corrected chi connectivity index (χ4v) is 2.92. The third-order valence-corrected chi connectivity index (χ3v) is 4.21. The van der Waals surface area contributed by atoms with E-state index in [-0.39, 0.29) is 6.04 Å². The summed E-state index contributed by atoms with van der Waals surface area (Å²) in [4.78, 5) is 4.92. The number of hydrogen-bond donors (Lipinski definition) is 1. The molecule has 1 aromatic rings. The highest BCUT2D eigenvalue weighted by molar-refractivity contribution is 6.30. The third-order valence-electron chi connectivity index (χ3n) is 3.97. The molecule has 19 heavy (non-hydrogen) atoms. The van der Waals surface area contributed by atoms with E-state index in [2.05, 4.69) is 29.8 Å². The lowest BCUT2D eigenvalue weighted by Gasteiger charge is -2.38. The average Bonchev–Trinajstić information content (AvgIpc) is 2.37. The fraction of sp³-hybridized carbons (Fsp3) is 0.600. The van der Waals surface area contributed by atoms with Crippen molar-refractivity contribution >= 4 is 11.6 Å². The number of hydrogen-bond acceptors (Lipinski definition) is 3. The second-order valence-corrected chi connectivity index (χ2v) is 6.03. The van der Waals surface area contributed by atoms with E-state index in [1.54, 1.807) is 0 Å². The Morgan fingerprint density at radius 1 is 1.42 bits per heavy atom. The van der Waals surface area contributed by atoms with Crippen molar-refractivity contribution in [3.8, 4) is 0 Å². The molecule has 1 heterocycles. The molecule has 0 bridgehead atoms. The van der Waals surface area contributed by atoms with Gasteiger partial charge in [0.25, 0.3) is 0 Å². The van der Waals surface area contributed by atoms with Gasteiger partial charge in [0.1, 0.15) is 0 Å². The summed E-state index contributed by atoms with van der Waals surface area (Å²) in [5.41, 5.74) is 7.39. The van der Waals surface area contributed by atoms with Crippen LogP contribution in [-0.4, -0.2) is 49.1 Å². The molecule has 3 nitrogen and oxygen atoms in total. The van der Waals surface area contributed by atoms with E-state index in [0.29, 0.717) is 6.04 Å². The lowest BCUT2D eigenvalue weighted by molar-refractivity contribution is 0.0973. The summed E-state index contributed by atoms with van der Waals surface area (Å²) in [6, 6.07) is 8.58. The summed E-state index contributed by atoms with van der Waals surface area (Å²) >= 11 is 6.01. The second-order valence-electron chi connectivity index (χ2n) is 5.60. The monoisotopic (exact) mass is 281 g/mol. The van der Waals surface area contributed by atoms with Gasteiger partial charge in [0.05, 0.1) is 0 Å². The number of halogens is 1. The minimum Gasteiger partial charge on any atom is -0.324 e. The molecule has 4 heteroatoms. The van der Waals surface area contributed by atoms with Crippen LogP contribution in [0.25, 0.3) is 0 Å². The Morgan fingerprint density at radius 2 is 2.21 bits per heavy atom. The zero-order chi connectivity index (χ0) is 13.8. The first kappa shape index (κ1) is 14.8. The van der Waals surface area contributed by atoms with Crippen molar-refractivity contribution in [1.82, 2.24) is 9.80 Å². The molecule has 2 rings (SSSR count). The Kier molecular flexibility index (Phi) is 5.22. The number of nitrogens with zero attached hydrogens (tertiary/aromatic N) is 2.